The van der Waals surface area contributed by atoms with Gasteiger partial charge < -0.3 is 10.2 Å². The van der Waals surface area contributed by atoms with Crippen molar-refractivity contribution in [2.45, 2.75) is 12.5 Å². The third-order valence-electron chi connectivity index (χ3n) is 2.34. The molecule has 1 aromatic heterocycles. The summed E-state index contributed by atoms with van der Waals surface area (Å²) in [6, 6.07) is 0.500. The van der Waals surface area contributed by atoms with Crippen LogP contribution >= 0.6 is 22.6 Å². The molecule has 4 nitrogen and oxygen atoms in total. The van der Waals surface area contributed by atoms with Crippen molar-refractivity contribution in [3.63, 3.8) is 0 Å². The van der Waals surface area contributed by atoms with Crippen molar-refractivity contribution in [1.29, 1.82) is 0 Å². The van der Waals surface area contributed by atoms with Crippen molar-refractivity contribution in [2.75, 3.05) is 25.5 Å². The fraction of sp³-hybridized carbons (Fsp3) is 0.556. The van der Waals surface area contributed by atoms with Crippen molar-refractivity contribution in [3.05, 3.63) is 16.0 Å². The number of rotatable bonds is 2. The highest BCUT2D eigenvalue weighted by molar-refractivity contribution is 14.1. The molecule has 1 fully saturated rings. The molecule has 14 heavy (non-hydrogen) atoms. The number of hydrogen-bond acceptors (Lipinski definition) is 4. The Bertz CT molecular complexity index is 300. The fourth-order valence-electron chi connectivity index (χ4n) is 1.62. The second-order valence-corrected chi connectivity index (χ2v) is 4.86. The van der Waals surface area contributed by atoms with Gasteiger partial charge in [0.25, 0.3) is 0 Å². The van der Waals surface area contributed by atoms with Crippen LogP contribution in [0.3, 0.4) is 0 Å². The smallest absolute Gasteiger partial charge is 0.222 e. The zero-order valence-electron chi connectivity index (χ0n) is 8.07. The molecule has 1 atom stereocenters. The van der Waals surface area contributed by atoms with E-state index in [-0.39, 0.29) is 0 Å². The zero-order chi connectivity index (χ0) is 9.97. The van der Waals surface area contributed by atoms with E-state index in [1.807, 2.05) is 12.4 Å². The van der Waals surface area contributed by atoms with Crippen molar-refractivity contribution in [3.8, 4) is 0 Å². The Hall–Kier alpha value is -0.430. The van der Waals surface area contributed by atoms with Crippen LogP contribution in [-0.4, -0.2) is 41.0 Å². The minimum absolute atomic E-state index is 0.500. The van der Waals surface area contributed by atoms with E-state index < -0.39 is 0 Å². The van der Waals surface area contributed by atoms with E-state index in [2.05, 4.69) is 49.8 Å². The Morgan fingerprint density at radius 2 is 2.21 bits per heavy atom. The van der Waals surface area contributed by atoms with Crippen molar-refractivity contribution >= 4 is 28.5 Å². The Morgan fingerprint density at radius 3 is 2.79 bits per heavy atom. The Balaban J connectivity index is 1.94. The van der Waals surface area contributed by atoms with E-state index >= 15 is 0 Å². The van der Waals surface area contributed by atoms with Crippen LogP contribution in [0.4, 0.5) is 5.95 Å². The third-order valence-corrected chi connectivity index (χ3v) is 2.90. The van der Waals surface area contributed by atoms with Crippen LogP contribution in [0.25, 0.3) is 0 Å². The molecule has 1 aliphatic heterocycles. The highest BCUT2D eigenvalue weighted by atomic mass is 127. The predicted octanol–water partition coefficient (Wildman–Crippen LogP) is 1.20. The molecule has 0 saturated carbocycles. The largest absolute Gasteiger partial charge is 0.350 e. The van der Waals surface area contributed by atoms with Crippen LogP contribution in [0.1, 0.15) is 6.42 Å². The van der Waals surface area contributed by atoms with Crippen LogP contribution in [0.5, 0.6) is 0 Å². The predicted molar refractivity (Wildman–Crippen MR) is 64.3 cm³/mol. The number of halogens is 1. The lowest BCUT2D eigenvalue weighted by Crippen LogP contribution is -2.24. The lowest BCUT2D eigenvalue weighted by atomic mass is 10.3. The van der Waals surface area contributed by atoms with Crippen LogP contribution in [0.15, 0.2) is 12.4 Å². The molecule has 0 spiro atoms. The third kappa shape index (κ3) is 2.54. The summed E-state index contributed by atoms with van der Waals surface area (Å²) in [5.41, 5.74) is 0. The lowest BCUT2D eigenvalue weighted by molar-refractivity contribution is 0.414. The summed E-state index contributed by atoms with van der Waals surface area (Å²) >= 11 is 2.20. The van der Waals surface area contributed by atoms with Gasteiger partial charge in [0.1, 0.15) is 0 Å². The summed E-state index contributed by atoms with van der Waals surface area (Å²) in [4.78, 5) is 10.7. The molecule has 1 unspecified atom stereocenters. The SMILES string of the molecule is CN1CCC(Nc2ncc(I)cn2)C1. The Kier molecular flexibility index (Phi) is 3.17. The van der Waals surface area contributed by atoms with E-state index in [1.54, 1.807) is 0 Å². The number of nitrogens with one attached hydrogen (secondary N) is 1. The molecule has 0 radical (unpaired) electrons. The maximum atomic E-state index is 4.22. The van der Waals surface area contributed by atoms with Crippen molar-refractivity contribution < 1.29 is 0 Å². The van der Waals surface area contributed by atoms with E-state index in [0.29, 0.717) is 6.04 Å². The number of nitrogens with zero attached hydrogens (tertiary/aromatic N) is 3. The Morgan fingerprint density at radius 1 is 1.50 bits per heavy atom. The second-order valence-electron chi connectivity index (χ2n) is 3.62. The topological polar surface area (TPSA) is 41.0 Å². The van der Waals surface area contributed by atoms with Gasteiger partial charge in [0.2, 0.25) is 5.95 Å². The van der Waals surface area contributed by atoms with Crippen LogP contribution in [-0.2, 0) is 0 Å². The summed E-state index contributed by atoms with van der Waals surface area (Å²) in [5, 5.41) is 3.33. The molecular weight excluding hydrogens is 291 g/mol. The summed E-state index contributed by atoms with van der Waals surface area (Å²) < 4.78 is 1.07. The van der Waals surface area contributed by atoms with E-state index in [9.17, 15) is 0 Å². The molecule has 1 saturated heterocycles. The number of hydrogen-bond donors (Lipinski definition) is 1. The molecule has 76 valence electrons. The van der Waals surface area contributed by atoms with Crippen LogP contribution < -0.4 is 5.32 Å². The standard InChI is InChI=1S/C9H13IN4/c1-14-3-2-8(6-14)13-9-11-4-7(10)5-12-9/h4-5,8H,2-3,6H2,1H3,(H,11,12,13). The van der Waals surface area contributed by atoms with Gasteiger partial charge in [0.05, 0.1) is 0 Å². The van der Waals surface area contributed by atoms with Gasteiger partial charge in [-0.1, -0.05) is 0 Å². The van der Waals surface area contributed by atoms with Gasteiger partial charge in [-0.05, 0) is 42.6 Å². The van der Waals surface area contributed by atoms with E-state index in [0.717, 1.165) is 22.6 Å². The maximum absolute atomic E-state index is 4.22. The van der Waals surface area contributed by atoms with Gasteiger partial charge in [-0.3, -0.25) is 0 Å². The van der Waals surface area contributed by atoms with Crippen molar-refractivity contribution in [1.82, 2.24) is 14.9 Å². The normalized spacial score (nSPS) is 22.6. The number of likely N-dealkylation sites (tertiary alicyclic amines) is 1. The molecule has 0 aliphatic carbocycles. The summed E-state index contributed by atoms with van der Waals surface area (Å²) in [5.74, 6) is 0.741. The molecule has 1 aliphatic rings. The highest BCUT2D eigenvalue weighted by Gasteiger charge is 2.19. The number of aromatic nitrogens is 2. The minimum atomic E-state index is 0.500. The average Bonchev–Trinajstić information content (AvgIpc) is 2.56. The van der Waals surface area contributed by atoms with Gasteiger partial charge >= 0.3 is 0 Å². The average molecular weight is 304 g/mol. The number of likely N-dealkylation sites (N-methyl/N-ethyl adjacent to an activating group) is 1. The zero-order valence-corrected chi connectivity index (χ0v) is 10.2. The first-order chi connectivity index (χ1) is 6.74. The first kappa shape index (κ1) is 10.1. The van der Waals surface area contributed by atoms with Gasteiger partial charge in [-0.25, -0.2) is 9.97 Å². The van der Waals surface area contributed by atoms with Gasteiger partial charge in [-0.2, -0.15) is 0 Å². The first-order valence-electron chi connectivity index (χ1n) is 4.66. The summed E-state index contributed by atoms with van der Waals surface area (Å²) in [6.07, 6.45) is 4.83. The molecular formula is C9H13IN4. The molecule has 1 N–H and O–H groups in total. The van der Waals surface area contributed by atoms with Crippen molar-refractivity contribution in [2.24, 2.45) is 0 Å². The lowest BCUT2D eigenvalue weighted by Gasteiger charge is -2.12. The minimum Gasteiger partial charge on any atom is -0.350 e. The molecule has 5 heteroatoms. The number of anilines is 1. The van der Waals surface area contributed by atoms with E-state index in [1.165, 1.54) is 6.42 Å². The van der Waals surface area contributed by atoms with Gasteiger partial charge in [0.15, 0.2) is 0 Å². The molecule has 0 aromatic carbocycles. The first-order valence-corrected chi connectivity index (χ1v) is 5.74. The molecule has 1 aromatic rings. The Labute approximate surface area is 97.3 Å². The van der Waals surface area contributed by atoms with Gasteiger partial charge in [-0.15, -0.1) is 0 Å². The highest BCUT2D eigenvalue weighted by Crippen LogP contribution is 2.11. The maximum Gasteiger partial charge on any atom is 0.222 e. The monoisotopic (exact) mass is 304 g/mol. The van der Waals surface area contributed by atoms with Gasteiger partial charge in [0, 0.05) is 28.6 Å². The quantitative estimate of drug-likeness (QED) is 0.834. The van der Waals surface area contributed by atoms with Crippen LogP contribution in [0.2, 0.25) is 0 Å². The summed E-state index contributed by atoms with van der Waals surface area (Å²) in [7, 11) is 2.14. The molecule has 2 heterocycles. The van der Waals surface area contributed by atoms with Crippen LogP contribution in [0, 0.1) is 3.57 Å². The fourth-order valence-corrected chi connectivity index (χ4v) is 1.90. The molecule has 0 amide bonds. The summed E-state index contributed by atoms with van der Waals surface area (Å²) in [6.45, 7) is 2.23. The van der Waals surface area contributed by atoms with E-state index in [4.69, 9.17) is 0 Å². The second kappa shape index (κ2) is 4.39. The molecule has 2 rings (SSSR count). The molecule has 0 bridgehead atoms.